The van der Waals surface area contributed by atoms with Gasteiger partial charge in [-0.15, -0.1) is 0 Å². The van der Waals surface area contributed by atoms with Crippen LogP contribution in [0.3, 0.4) is 0 Å². The highest BCUT2D eigenvalue weighted by Gasteiger charge is 2.00. The molecule has 0 radical (unpaired) electrons. The molecule has 0 unspecified atom stereocenters. The van der Waals surface area contributed by atoms with Gasteiger partial charge in [-0.3, -0.25) is 0 Å². The summed E-state index contributed by atoms with van der Waals surface area (Å²) in [4.78, 5) is 8.05. The van der Waals surface area contributed by atoms with Gasteiger partial charge in [0.15, 0.2) is 0 Å². The molecule has 0 amide bonds. The Morgan fingerprint density at radius 1 is 1.44 bits per heavy atom. The van der Waals surface area contributed by atoms with Gasteiger partial charge in [-0.1, -0.05) is 0 Å². The number of hydrogen-bond donors (Lipinski definition) is 1. The predicted octanol–water partition coefficient (Wildman–Crippen LogP) is 2.69. The summed E-state index contributed by atoms with van der Waals surface area (Å²) in [5, 5.41) is 3.43. The first-order valence-corrected chi connectivity index (χ1v) is 5.39. The lowest BCUT2D eigenvalue weighted by Gasteiger charge is -2.05. The number of rotatable bonds is 4. The van der Waals surface area contributed by atoms with Gasteiger partial charge in [0, 0.05) is 24.7 Å². The second-order valence-electron chi connectivity index (χ2n) is 3.42. The number of furan rings is 1. The summed E-state index contributed by atoms with van der Waals surface area (Å²) in [7, 11) is 0. The van der Waals surface area contributed by atoms with Crippen LogP contribution < -0.4 is 5.32 Å². The van der Waals surface area contributed by atoms with Crippen molar-refractivity contribution in [2.75, 3.05) is 11.9 Å². The van der Waals surface area contributed by atoms with Crippen LogP contribution in [0.4, 0.5) is 5.82 Å². The highest BCUT2D eigenvalue weighted by Crippen LogP contribution is 2.10. The van der Waals surface area contributed by atoms with Crippen molar-refractivity contribution in [1.29, 1.82) is 0 Å². The van der Waals surface area contributed by atoms with Crippen LogP contribution in [0.2, 0.25) is 5.28 Å². The third-order valence-electron chi connectivity index (χ3n) is 2.08. The monoisotopic (exact) mass is 237 g/mol. The summed E-state index contributed by atoms with van der Waals surface area (Å²) in [5.74, 6) is 1.69. The summed E-state index contributed by atoms with van der Waals surface area (Å²) in [6.45, 7) is 2.63. The Labute approximate surface area is 98.7 Å². The Morgan fingerprint density at radius 2 is 2.31 bits per heavy atom. The quantitative estimate of drug-likeness (QED) is 0.831. The van der Waals surface area contributed by atoms with Crippen molar-refractivity contribution in [2.45, 2.75) is 13.3 Å². The highest BCUT2D eigenvalue weighted by atomic mass is 35.5. The van der Waals surface area contributed by atoms with Gasteiger partial charge in [0.1, 0.15) is 11.6 Å². The molecule has 84 valence electrons. The smallest absolute Gasteiger partial charge is 0.224 e. The summed E-state index contributed by atoms with van der Waals surface area (Å²) >= 11 is 5.75. The maximum Gasteiger partial charge on any atom is 0.224 e. The van der Waals surface area contributed by atoms with E-state index in [1.807, 2.05) is 25.1 Å². The van der Waals surface area contributed by atoms with Crippen LogP contribution in [0.5, 0.6) is 0 Å². The normalized spacial score (nSPS) is 10.4. The van der Waals surface area contributed by atoms with Crippen molar-refractivity contribution in [3.63, 3.8) is 0 Å². The molecule has 0 aliphatic heterocycles. The van der Waals surface area contributed by atoms with Gasteiger partial charge >= 0.3 is 0 Å². The zero-order valence-electron chi connectivity index (χ0n) is 8.90. The standard InChI is InChI=1S/C11H12ClN3O/c1-8-7-10(15-11(12)14-8)13-5-4-9-3-2-6-16-9/h2-3,6-7H,4-5H2,1H3,(H,13,14,15). The van der Waals surface area contributed by atoms with Crippen molar-refractivity contribution < 1.29 is 4.42 Å². The summed E-state index contributed by atoms with van der Waals surface area (Å²) < 4.78 is 5.22. The molecule has 0 aliphatic rings. The second-order valence-corrected chi connectivity index (χ2v) is 3.76. The van der Waals surface area contributed by atoms with E-state index in [4.69, 9.17) is 16.0 Å². The number of aryl methyl sites for hydroxylation is 1. The van der Waals surface area contributed by atoms with Gasteiger partial charge in [-0.2, -0.15) is 0 Å². The van der Waals surface area contributed by atoms with Gasteiger partial charge < -0.3 is 9.73 Å². The predicted molar refractivity (Wildman–Crippen MR) is 62.7 cm³/mol. The van der Waals surface area contributed by atoms with Crippen molar-refractivity contribution >= 4 is 17.4 Å². The summed E-state index contributed by atoms with van der Waals surface area (Å²) in [5.41, 5.74) is 0.848. The molecule has 2 rings (SSSR count). The zero-order valence-corrected chi connectivity index (χ0v) is 9.66. The first-order valence-electron chi connectivity index (χ1n) is 5.01. The second kappa shape index (κ2) is 4.99. The van der Waals surface area contributed by atoms with Gasteiger partial charge in [0.2, 0.25) is 5.28 Å². The third-order valence-corrected chi connectivity index (χ3v) is 2.25. The van der Waals surface area contributed by atoms with Crippen LogP contribution in [0.15, 0.2) is 28.9 Å². The zero-order chi connectivity index (χ0) is 11.4. The maximum atomic E-state index is 5.75. The molecular weight excluding hydrogens is 226 g/mol. The molecule has 2 aromatic heterocycles. The lowest BCUT2D eigenvalue weighted by atomic mass is 10.3. The van der Waals surface area contributed by atoms with E-state index >= 15 is 0 Å². The number of halogens is 1. The van der Waals surface area contributed by atoms with Crippen LogP contribution in [0.25, 0.3) is 0 Å². The minimum absolute atomic E-state index is 0.264. The molecule has 0 bridgehead atoms. The van der Waals surface area contributed by atoms with Gasteiger partial charge in [0.25, 0.3) is 0 Å². The van der Waals surface area contributed by atoms with E-state index in [0.717, 1.165) is 30.2 Å². The molecule has 0 saturated heterocycles. The van der Waals surface area contributed by atoms with Crippen molar-refractivity contribution in [1.82, 2.24) is 9.97 Å². The lowest BCUT2D eigenvalue weighted by Crippen LogP contribution is -2.06. The van der Waals surface area contributed by atoms with Crippen LogP contribution in [-0.4, -0.2) is 16.5 Å². The fourth-order valence-electron chi connectivity index (χ4n) is 1.39. The van der Waals surface area contributed by atoms with Gasteiger partial charge in [-0.05, 0) is 30.7 Å². The van der Waals surface area contributed by atoms with Crippen molar-refractivity contribution in [3.8, 4) is 0 Å². The molecule has 2 heterocycles. The molecule has 2 aromatic rings. The van der Waals surface area contributed by atoms with E-state index in [0.29, 0.717) is 0 Å². The van der Waals surface area contributed by atoms with E-state index in [1.165, 1.54) is 0 Å². The van der Waals surface area contributed by atoms with E-state index in [9.17, 15) is 0 Å². The van der Waals surface area contributed by atoms with E-state index < -0.39 is 0 Å². The number of nitrogens with zero attached hydrogens (tertiary/aromatic N) is 2. The topological polar surface area (TPSA) is 51.0 Å². The lowest BCUT2D eigenvalue weighted by molar-refractivity contribution is 0.513. The minimum atomic E-state index is 0.264. The van der Waals surface area contributed by atoms with Crippen molar-refractivity contribution in [3.05, 3.63) is 41.2 Å². The Bertz CT molecular complexity index is 436. The van der Waals surface area contributed by atoms with Crippen LogP contribution in [-0.2, 0) is 6.42 Å². The maximum absolute atomic E-state index is 5.75. The molecule has 0 aromatic carbocycles. The Balaban J connectivity index is 1.89. The molecule has 0 saturated carbocycles. The molecule has 0 spiro atoms. The minimum Gasteiger partial charge on any atom is -0.469 e. The number of hydrogen-bond acceptors (Lipinski definition) is 4. The average molecular weight is 238 g/mol. The Morgan fingerprint density at radius 3 is 3.00 bits per heavy atom. The molecular formula is C11H12ClN3O. The van der Waals surface area contributed by atoms with Crippen LogP contribution >= 0.6 is 11.6 Å². The van der Waals surface area contributed by atoms with E-state index in [1.54, 1.807) is 6.26 Å². The largest absolute Gasteiger partial charge is 0.469 e. The fraction of sp³-hybridized carbons (Fsp3) is 0.273. The molecule has 5 heteroatoms. The summed E-state index contributed by atoms with van der Waals surface area (Å²) in [6, 6.07) is 5.68. The molecule has 1 N–H and O–H groups in total. The molecule has 4 nitrogen and oxygen atoms in total. The summed E-state index contributed by atoms with van der Waals surface area (Å²) in [6.07, 6.45) is 2.48. The van der Waals surface area contributed by atoms with E-state index in [-0.39, 0.29) is 5.28 Å². The van der Waals surface area contributed by atoms with Crippen LogP contribution in [0.1, 0.15) is 11.5 Å². The van der Waals surface area contributed by atoms with Crippen LogP contribution in [0, 0.1) is 6.92 Å². The van der Waals surface area contributed by atoms with Gasteiger partial charge in [0.05, 0.1) is 6.26 Å². The molecule has 0 aliphatic carbocycles. The fourth-order valence-corrected chi connectivity index (χ4v) is 1.62. The number of nitrogens with one attached hydrogen (secondary N) is 1. The Hall–Kier alpha value is -1.55. The van der Waals surface area contributed by atoms with E-state index in [2.05, 4.69) is 15.3 Å². The first kappa shape index (κ1) is 11.0. The number of aromatic nitrogens is 2. The first-order chi connectivity index (χ1) is 7.74. The average Bonchev–Trinajstić information content (AvgIpc) is 2.69. The highest BCUT2D eigenvalue weighted by molar-refractivity contribution is 6.28. The van der Waals surface area contributed by atoms with Gasteiger partial charge in [-0.25, -0.2) is 9.97 Å². The molecule has 0 atom stereocenters. The molecule has 0 fully saturated rings. The Kier molecular flexibility index (Phi) is 3.41. The SMILES string of the molecule is Cc1cc(NCCc2ccco2)nc(Cl)n1. The number of anilines is 1. The molecule has 16 heavy (non-hydrogen) atoms. The third kappa shape index (κ3) is 2.97. The van der Waals surface area contributed by atoms with Crippen molar-refractivity contribution in [2.24, 2.45) is 0 Å².